The predicted molar refractivity (Wildman–Crippen MR) is 80.0 cm³/mol. The first kappa shape index (κ1) is 15.7. The normalized spacial score (nSPS) is 22.5. The third kappa shape index (κ3) is 5.50. The van der Waals surface area contributed by atoms with Gasteiger partial charge >= 0.3 is 0 Å². The number of hydrogen-bond acceptors (Lipinski definition) is 3. The van der Waals surface area contributed by atoms with Crippen molar-refractivity contribution in [3.63, 3.8) is 0 Å². The third-order valence-electron chi connectivity index (χ3n) is 3.57. The number of ether oxygens (including phenoxy) is 1. The molecule has 0 bridgehead atoms. The highest BCUT2D eigenvalue weighted by Gasteiger charge is 2.22. The van der Waals surface area contributed by atoms with Crippen molar-refractivity contribution in [3.05, 3.63) is 0 Å². The standard InChI is InChI=1S/C13H27N3OS/c1-11-6-4-5-8-16(11)12(2)10-15-13(18)14-7-9-17-3/h11-12H,4-10H2,1-3H3,(H2,14,15,18). The van der Waals surface area contributed by atoms with E-state index in [0.717, 1.165) is 18.2 Å². The summed E-state index contributed by atoms with van der Waals surface area (Å²) in [6.45, 7) is 8.16. The van der Waals surface area contributed by atoms with Crippen LogP contribution < -0.4 is 10.6 Å². The van der Waals surface area contributed by atoms with E-state index < -0.39 is 0 Å². The number of hydrogen-bond donors (Lipinski definition) is 2. The molecule has 0 radical (unpaired) electrons. The first-order valence-corrected chi connectivity index (χ1v) is 7.32. The lowest BCUT2D eigenvalue weighted by atomic mass is 10.0. The molecule has 2 unspecified atom stereocenters. The molecule has 1 saturated heterocycles. The van der Waals surface area contributed by atoms with E-state index in [1.54, 1.807) is 7.11 Å². The van der Waals surface area contributed by atoms with Crippen molar-refractivity contribution in [1.29, 1.82) is 0 Å². The van der Waals surface area contributed by atoms with Crippen LogP contribution in [0.1, 0.15) is 33.1 Å². The van der Waals surface area contributed by atoms with E-state index in [0.29, 0.717) is 18.7 Å². The topological polar surface area (TPSA) is 36.5 Å². The quantitative estimate of drug-likeness (QED) is 0.564. The fourth-order valence-electron chi connectivity index (χ4n) is 2.46. The van der Waals surface area contributed by atoms with Crippen LogP contribution >= 0.6 is 12.2 Å². The molecule has 18 heavy (non-hydrogen) atoms. The summed E-state index contributed by atoms with van der Waals surface area (Å²) in [5, 5.41) is 7.14. The maximum absolute atomic E-state index is 5.22. The number of nitrogens with one attached hydrogen (secondary N) is 2. The van der Waals surface area contributed by atoms with Gasteiger partial charge in [-0.25, -0.2) is 0 Å². The number of likely N-dealkylation sites (tertiary alicyclic amines) is 1. The molecule has 0 spiro atoms. The molecular formula is C13H27N3OS. The molecule has 0 aromatic carbocycles. The zero-order chi connectivity index (χ0) is 13.4. The third-order valence-corrected chi connectivity index (χ3v) is 3.86. The van der Waals surface area contributed by atoms with Crippen LogP contribution in [0.15, 0.2) is 0 Å². The number of thiocarbonyl (C=S) groups is 1. The highest BCUT2D eigenvalue weighted by atomic mass is 32.1. The van der Waals surface area contributed by atoms with Gasteiger partial charge in [-0.3, -0.25) is 4.90 Å². The largest absolute Gasteiger partial charge is 0.383 e. The van der Waals surface area contributed by atoms with Gasteiger partial charge < -0.3 is 15.4 Å². The van der Waals surface area contributed by atoms with E-state index in [4.69, 9.17) is 17.0 Å². The van der Waals surface area contributed by atoms with Gasteiger partial charge in [0.25, 0.3) is 0 Å². The molecule has 1 aliphatic heterocycles. The summed E-state index contributed by atoms with van der Waals surface area (Å²) in [4.78, 5) is 2.58. The average molecular weight is 273 g/mol. The number of piperidine rings is 1. The molecule has 0 saturated carbocycles. The van der Waals surface area contributed by atoms with Crippen LogP contribution in [-0.2, 0) is 4.74 Å². The Bertz CT molecular complexity index is 250. The van der Waals surface area contributed by atoms with Gasteiger partial charge in [0, 0.05) is 32.3 Å². The molecule has 0 amide bonds. The average Bonchev–Trinajstić information content (AvgIpc) is 2.37. The molecule has 2 N–H and O–H groups in total. The van der Waals surface area contributed by atoms with Crippen LogP contribution in [0.2, 0.25) is 0 Å². The van der Waals surface area contributed by atoms with Crippen molar-refractivity contribution in [3.8, 4) is 0 Å². The molecule has 2 atom stereocenters. The molecule has 1 rings (SSSR count). The molecule has 4 nitrogen and oxygen atoms in total. The maximum atomic E-state index is 5.22. The minimum absolute atomic E-state index is 0.530. The lowest BCUT2D eigenvalue weighted by Crippen LogP contribution is -2.50. The van der Waals surface area contributed by atoms with Gasteiger partial charge in [0.05, 0.1) is 6.61 Å². The summed E-state index contributed by atoms with van der Waals surface area (Å²) in [5.41, 5.74) is 0. The SMILES string of the molecule is COCCNC(=S)NCC(C)N1CCCCC1C. The monoisotopic (exact) mass is 273 g/mol. The Hall–Kier alpha value is -0.390. The Kier molecular flexibility index (Phi) is 7.54. The van der Waals surface area contributed by atoms with Gasteiger partial charge in [0.2, 0.25) is 0 Å². The van der Waals surface area contributed by atoms with E-state index in [2.05, 4.69) is 29.4 Å². The molecule has 1 aliphatic rings. The van der Waals surface area contributed by atoms with E-state index in [1.165, 1.54) is 25.8 Å². The summed E-state index contributed by atoms with van der Waals surface area (Å²) in [7, 11) is 1.69. The minimum Gasteiger partial charge on any atom is -0.383 e. The summed E-state index contributed by atoms with van der Waals surface area (Å²) < 4.78 is 4.97. The van der Waals surface area contributed by atoms with Crippen LogP contribution in [0.4, 0.5) is 0 Å². The van der Waals surface area contributed by atoms with E-state index in [1.807, 2.05) is 0 Å². The molecule has 106 valence electrons. The zero-order valence-electron chi connectivity index (χ0n) is 11.9. The van der Waals surface area contributed by atoms with Gasteiger partial charge in [0.15, 0.2) is 5.11 Å². The van der Waals surface area contributed by atoms with Crippen LogP contribution in [0.5, 0.6) is 0 Å². The number of rotatable bonds is 6. The second kappa shape index (κ2) is 8.67. The highest BCUT2D eigenvalue weighted by Crippen LogP contribution is 2.18. The lowest BCUT2D eigenvalue weighted by molar-refractivity contribution is 0.116. The molecule has 0 aliphatic carbocycles. The van der Waals surface area contributed by atoms with E-state index >= 15 is 0 Å². The number of nitrogens with zero attached hydrogens (tertiary/aromatic N) is 1. The highest BCUT2D eigenvalue weighted by molar-refractivity contribution is 7.80. The summed E-state index contributed by atoms with van der Waals surface area (Å²) in [6, 6.07) is 1.23. The van der Waals surface area contributed by atoms with Crippen molar-refractivity contribution < 1.29 is 4.74 Å². The molecular weight excluding hydrogens is 246 g/mol. The summed E-state index contributed by atoms with van der Waals surface area (Å²) in [6.07, 6.45) is 4.01. The fourth-order valence-corrected chi connectivity index (χ4v) is 2.65. The Morgan fingerprint density at radius 3 is 2.89 bits per heavy atom. The first-order valence-electron chi connectivity index (χ1n) is 6.91. The fraction of sp³-hybridized carbons (Fsp3) is 0.923. The summed E-state index contributed by atoms with van der Waals surface area (Å²) in [5.74, 6) is 0. The second-order valence-electron chi connectivity index (χ2n) is 5.06. The second-order valence-corrected chi connectivity index (χ2v) is 5.47. The van der Waals surface area contributed by atoms with E-state index in [-0.39, 0.29) is 0 Å². The van der Waals surface area contributed by atoms with Gasteiger partial charge in [0.1, 0.15) is 0 Å². The Balaban J connectivity index is 2.19. The van der Waals surface area contributed by atoms with Crippen LogP contribution in [0, 0.1) is 0 Å². The Morgan fingerprint density at radius 1 is 1.44 bits per heavy atom. The van der Waals surface area contributed by atoms with E-state index in [9.17, 15) is 0 Å². The maximum Gasteiger partial charge on any atom is 0.166 e. The zero-order valence-corrected chi connectivity index (χ0v) is 12.7. The molecule has 5 heteroatoms. The lowest BCUT2D eigenvalue weighted by Gasteiger charge is -2.38. The van der Waals surface area contributed by atoms with Crippen LogP contribution in [0.3, 0.4) is 0 Å². The molecule has 0 aromatic rings. The van der Waals surface area contributed by atoms with Crippen LogP contribution in [-0.4, -0.2) is 55.4 Å². The number of methoxy groups -OCH3 is 1. The van der Waals surface area contributed by atoms with Crippen molar-refractivity contribution >= 4 is 17.3 Å². The van der Waals surface area contributed by atoms with Crippen molar-refractivity contribution in [2.24, 2.45) is 0 Å². The van der Waals surface area contributed by atoms with Gasteiger partial charge in [-0.15, -0.1) is 0 Å². The Morgan fingerprint density at radius 2 is 2.22 bits per heavy atom. The summed E-state index contributed by atoms with van der Waals surface area (Å²) >= 11 is 5.22. The molecule has 1 heterocycles. The minimum atomic E-state index is 0.530. The first-order chi connectivity index (χ1) is 8.65. The van der Waals surface area contributed by atoms with Crippen LogP contribution in [0.25, 0.3) is 0 Å². The smallest absolute Gasteiger partial charge is 0.166 e. The van der Waals surface area contributed by atoms with Gasteiger partial charge in [-0.05, 0) is 45.5 Å². The van der Waals surface area contributed by atoms with Gasteiger partial charge in [-0.2, -0.15) is 0 Å². The Labute approximate surface area is 116 Å². The van der Waals surface area contributed by atoms with Gasteiger partial charge in [-0.1, -0.05) is 6.42 Å². The van der Waals surface area contributed by atoms with Crippen molar-refractivity contribution in [1.82, 2.24) is 15.5 Å². The van der Waals surface area contributed by atoms with Crippen molar-refractivity contribution in [2.75, 3.05) is 33.4 Å². The molecule has 1 fully saturated rings. The van der Waals surface area contributed by atoms with Crippen molar-refractivity contribution in [2.45, 2.75) is 45.2 Å². The molecule has 0 aromatic heterocycles. The predicted octanol–water partition coefficient (Wildman–Crippen LogP) is 1.36.